The third-order valence-corrected chi connectivity index (χ3v) is 6.33. The summed E-state index contributed by atoms with van der Waals surface area (Å²) >= 11 is 0. The molecular weight excluding hydrogens is 206 g/mol. The fraction of sp³-hybridized carbons (Fsp3) is 1.00. The van der Waals surface area contributed by atoms with Gasteiger partial charge in [0.1, 0.15) is 0 Å². The minimum atomic E-state index is 0.472. The summed E-state index contributed by atoms with van der Waals surface area (Å²) in [5.41, 5.74) is 7.07. The molecular formula is C16H29N. The number of fused-ring (bicyclic) bond motifs is 2. The van der Waals surface area contributed by atoms with Gasteiger partial charge in [0.15, 0.2) is 0 Å². The highest BCUT2D eigenvalue weighted by molar-refractivity contribution is 4.95. The Bertz CT molecular complexity index is 267. The minimum Gasteiger partial charge on any atom is -0.327 e. The van der Waals surface area contributed by atoms with Crippen LogP contribution in [0, 0.1) is 23.2 Å². The van der Waals surface area contributed by atoms with E-state index in [1.807, 2.05) is 0 Å². The number of hydrogen-bond acceptors (Lipinski definition) is 1. The molecule has 0 aromatic rings. The van der Waals surface area contributed by atoms with Gasteiger partial charge in [-0.25, -0.2) is 0 Å². The van der Waals surface area contributed by atoms with E-state index < -0.39 is 0 Å². The Kier molecular flexibility index (Phi) is 3.23. The van der Waals surface area contributed by atoms with E-state index in [2.05, 4.69) is 6.92 Å². The predicted octanol–water partition coefficient (Wildman–Crippen LogP) is 4.11. The molecule has 3 fully saturated rings. The molecule has 0 heterocycles. The maximum atomic E-state index is 6.59. The molecule has 98 valence electrons. The molecule has 0 aliphatic heterocycles. The molecule has 4 unspecified atom stereocenters. The zero-order chi connectivity index (χ0) is 11.9. The zero-order valence-corrected chi connectivity index (χ0v) is 11.5. The van der Waals surface area contributed by atoms with Crippen LogP contribution in [0.4, 0.5) is 0 Å². The topological polar surface area (TPSA) is 26.0 Å². The quantitative estimate of drug-likeness (QED) is 0.782. The van der Waals surface area contributed by atoms with E-state index in [4.69, 9.17) is 5.73 Å². The van der Waals surface area contributed by atoms with Crippen molar-refractivity contribution in [2.45, 2.75) is 77.2 Å². The van der Waals surface area contributed by atoms with Gasteiger partial charge >= 0.3 is 0 Å². The molecule has 0 amide bonds. The summed E-state index contributed by atoms with van der Waals surface area (Å²) in [4.78, 5) is 0. The predicted molar refractivity (Wildman–Crippen MR) is 72.7 cm³/mol. The van der Waals surface area contributed by atoms with Crippen LogP contribution in [0.3, 0.4) is 0 Å². The van der Waals surface area contributed by atoms with Crippen LogP contribution in [0.15, 0.2) is 0 Å². The Morgan fingerprint density at radius 3 is 2.47 bits per heavy atom. The summed E-state index contributed by atoms with van der Waals surface area (Å²) in [5.74, 6) is 3.12. The van der Waals surface area contributed by atoms with E-state index in [-0.39, 0.29) is 0 Å². The fourth-order valence-corrected chi connectivity index (χ4v) is 5.01. The Morgan fingerprint density at radius 1 is 1.12 bits per heavy atom. The Hall–Kier alpha value is -0.0400. The number of rotatable bonds is 3. The standard InChI is InChI=1S/C16H29N/c1-16(7-3-2-4-8-16)15(17)11-14-10-12-5-6-13(14)9-12/h12-15H,2-11,17H2,1H3. The first-order chi connectivity index (χ1) is 8.17. The molecule has 1 heteroatoms. The third kappa shape index (κ3) is 2.28. The van der Waals surface area contributed by atoms with Crippen molar-refractivity contribution in [3.63, 3.8) is 0 Å². The lowest BCUT2D eigenvalue weighted by atomic mass is 9.67. The van der Waals surface area contributed by atoms with Crippen LogP contribution < -0.4 is 5.73 Å². The van der Waals surface area contributed by atoms with Crippen LogP contribution in [0.2, 0.25) is 0 Å². The number of nitrogens with two attached hydrogens (primary N) is 1. The normalized spacial score (nSPS) is 41.6. The van der Waals surface area contributed by atoms with Crippen molar-refractivity contribution in [3.8, 4) is 0 Å². The second-order valence-corrected chi connectivity index (χ2v) is 7.49. The van der Waals surface area contributed by atoms with Gasteiger partial charge in [-0.1, -0.05) is 32.6 Å². The largest absolute Gasteiger partial charge is 0.327 e. The highest BCUT2D eigenvalue weighted by atomic mass is 14.7. The maximum absolute atomic E-state index is 6.59. The highest BCUT2D eigenvalue weighted by Crippen LogP contribution is 2.51. The molecule has 3 saturated carbocycles. The Morgan fingerprint density at radius 2 is 1.88 bits per heavy atom. The van der Waals surface area contributed by atoms with Crippen molar-refractivity contribution in [3.05, 3.63) is 0 Å². The summed E-state index contributed by atoms with van der Waals surface area (Å²) < 4.78 is 0. The minimum absolute atomic E-state index is 0.472. The number of hydrogen-bond donors (Lipinski definition) is 1. The van der Waals surface area contributed by atoms with Crippen LogP contribution in [0.25, 0.3) is 0 Å². The van der Waals surface area contributed by atoms with Crippen LogP contribution >= 0.6 is 0 Å². The van der Waals surface area contributed by atoms with Gasteiger partial charge in [-0.05, 0) is 61.7 Å². The molecule has 3 aliphatic rings. The average molecular weight is 235 g/mol. The van der Waals surface area contributed by atoms with Gasteiger partial charge in [0.25, 0.3) is 0 Å². The van der Waals surface area contributed by atoms with E-state index in [1.165, 1.54) is 64.2 Å². The molecule has 0 aromatic carbocycles. The Balaban J connectivity index is 1.57. The van der Waals surface area contributed by atoms with Crippen molar-refractivity contribution < 1.29 is 0 Å². The first kappa shape index (κ1) is 12.0. The molecule has 0 saturated heterocycles. The van der Waals surface area contributed by atoms with Gasteiger partial charge in [0.2, 0.25) is 0 Å². The monoisotopic (exact) mass is 235 g/mol. The SMILES string of the molecule is CC1(C(N)CC2CC3CCC2C3)CCCCC1. The van der Waals surface area contributed by atoms with E-state index >= 15 is 0 Å². The van der Waals surface area contributed by atoms with Gasteiger partial charge in [0.05, 0.1) is 0 Å². The second kappa shape index (κ2) is 4.57. The van der Waals surface area contributed by atoms with E-state index in [0.29, 0.717) is 11.5 Å². The van der Waals surface area contributed by atoms with Crippen molar-refractivity contribution in [2.24, 2.45) is 28.9 Å². The summed E-state index contributed by atoms with van der Waals surface area (Å²) in [7, 11) is 0. The lowest BCUT2D eigenvalue weighted by Crippen LogP contribution is -2.42. The van der Waals surface area contributed by atoms with Gasteiger partial charge in [-0.15, -0.1) is 0 Å². The van der Waals surface area contributed by atoms with E-state index in [0.717, 1.165) is 17.8 Å². The lowest BCUT2D eigenvalue weighted by Gasteiger charge is -2.41. The highest BCUT2D eigenvalue weighted by Gasteiger charge is 2.42. The molecule has 3 rings (SSSR count). The smallest absolute Gasteiger partial charge is 0.00956 e. The second-order valence-electron chi connectivity index (χ2n) is 7.49. The summed E-state index contributed by atoms with van der Waals surface area (Å²) in [6.45, 7) is 2.46. The zero-order valence-electron chi connectivity index (χ0n) is 11.5. The first-order valence-corrected chi connectivity index (χ1v) is 7.93. The van der Waals surface area contributed by atoms with Gasteiger partial charge in [-0.2, -0.15) is 0 Å². The molecule has 3 aliphatic carbocycles. The van der Waals surface area contributed by atoms with E-state index in [9.17, 15) is 0 Å². The molecule has 0 radical (unpaired) electrons. The summed E-state index contributed by atoms with van der Waals surface area (Å²) in [6.07, 6.45) is 14.5. The summed E-state index contributed by atoms with van der Waals surface area (Å²) in [6, 6.07) is 0.479. The fourth-order valence-electron chi connectivity index (χ4n) is 5.01. The molecule has 0 spiro atoms. The van der Waals surface area contributed by atoms with Gasteiger partial charge < -0.3 is 5.73 Å². The summed E-state index contributed by atoms with van der Waals surface area (Å²) in [5, 5.41) is 0. The van der Waals surface area contributed by atoms with Crippen LogP contribution in [-0.4, -0.2) is 6.04 Å². The molecule has 2 bridgehead atoms. The lowest BCUT2D eigenvalue weighted by molar-refractivity contribution is 0.138. The third-order valence-electron chi connectivity index (χ3n) is 6.33. The van der Waals surface area contributed by atoms with Crippen LogP contribution in [0.5, 0.6) is 0 Å². The molecule has 17 heavy (non-hydrogen) atoms. The van der Waals surface area contributed by atoms with Crippen molar-refractivity contribution in [1.29, 1.82) is 0 Å². The maximum Gasteiger partial charge on any atom is 0.00956 e. The molecule has 1 nitrogen and oxygen atoms in total. The van der Waals surface area contributed by atoms with Crippen molar-refractivity contribution in [1.82, 2.24) is 0 Å². The average Bonchev–Trinajstić information content (AvgIpc) is 2.92. The Labute approximate surface area is 107 Å². The van der Waals surface area contributed by atoms with Crippen molar-refractivity contribution >= 4 is 0 Å². The van der Waals surface area contributed by atoms with Crippen molar-refractivity contribution in [2.75, 3.05) is 0 Å². The van der Waals surface area contributed by atoms with E-state index in [1.54, 1.807) is 0 Å². The molecule has 0 aromatic heterocycles. The molecule has 2 N–H and O–H groups in total. The van der Waals surface area contributed by atoms with Crippen LogP contribution in [0.1, 0.15) is 71.1 Å². The molecule has 4 atom stereocenters. The van der Waals surface area contributed by atoms with Gasteiger partial charge in [-0.3, -0.25) is 0 Å². The first-order valence-electron chi connectivity index (χ1n) is 7.93. The van der Waals surface area contributed by atoms with Gasteiger partial charge in [0, 0.05) is 6.04 Å². The van der Waals surface area contributed by atoms with Crippen LogP contribution in [-0.2, 0) is 0 Å².